The fourth-order valence-electron chi connectivity index (χ4n) is 2.55. The van der Waals surface area contributed by atoms with E-state index in [2.05, 4.69) is 5.32 Å². The average Bonchev–Trinajstić information content (AvgIpc) is 2.77. The van der Waals surface area contributed by atoms with Crippen LogP contribution in [0, 0.1) is 0 Å². The summed E-state index contributed by atoms with van der Waals surface area (Å²) in [7, 11) is 3.22. The van der Waals surface area contributed by atoms with Crippen LogP contribution in [0.2, 0.25) is 0 Å². The Morgan fingerprint density at radius 1 is 0.667 bits per heavy atom. The van der Waals surface area contributed by atoms with Gasteiger partial charge in [0.2, 0.25) is 0 Å². The number of imide groups is 1. The molecule has 2 heterocycles. The summed E-state index contributed by atoms with van der Waals surface area (Å²) in [6, 6.07) is 15.4. The number of fused-ring (bicyclic) bond motifs is 5. The molecule has 0 unspecified atom stereocenters. The van der Waals surface area contributed by atoms with Gasteiger partial charge in [-0.2, -0.15) is 0 Å². The Morgan fingerprint density at radius 2 is 1.10 bits per heavy atom. The minimum absolute atomic E-state index is 0.315. The smallest absolute Gasteiger partial charge is 0.259 e. The summed E-state index contributed by atoms with van der Waals surface area (Å²) in [6.45, 7) is 0. The van der Waals surface area contributed by atoms with Crippen LogP contribution < -0.4 is 5.32 Å². The molecule has 2 amide bonds. The van der Waals surface area contributed by atoms with Crippen molar-refractivity contribution in [3.8, 4) is 0 Å². The second kappa shape index (κ2) is 4.65. The summed E-state index contributed by atoms with van der Waals surface area (Å²) in [6.07, 6.45) is 0. The maximum Gasteiger partial charge on any atom is 0.259 e. The molecule has 0 atom stereocenters. The molecule has 1 N–H and O–H groups in total. The third-order valence-corrected chi connectivity index (χ3v) is 5.95. The van der Waals surface area contributed by atoms with Gasteiger partial charge in [-0.25, -0.2) is 0 Å². The molecule has 102 valence electrons. The van der Waals surface area contributed by atoms with E-state index in [1.165, 1.54) is 0 Å². The molecule has 2 aromatic carbocycles. The lowest BCUT2D eigenvalue weighted by atomic mass is 10.0. The average molecular weight is 311 g/mol. The van der Waals surface area contributed by atoms with Crippen LogP contribution in [0.1, 0.15) is 20.7 Å². The summed E-state index contributed by atoms with van der Waals surface area (Å²) in [5, 5.41) is 4.07. The molecule has 21 heavy (non-hydrogen) atoms. The number of rotatable bonds is 0. The lowest BCUT2D eigenvalue weighted by molar-refractivity contribution is 0.0880. The highest BCUT2D eigenvalue weighted by molar-refractivity contribution is 7.73. The van der Waals surface area contributed by atoms with E-state index in [4.69, 9.17) is 0 Å². The number of carbonyl (C=O) groups excluding carboxylic acids is 2. The first-order valence-corrected chi connectivity index (χ1v) is 8.54. The van der Waals surface area contributed by atoms with E-state index in [9.17, 15) is 9.59 Å². The quantitative estimate of drug-likeness (QED) is 0.501. The molecule has 1 aliphatic rings. The predicted molar refractivity (Wildman–Crippen MR) is 86.6 cm³/mol. The predicted octanol–water partition coefficient (Wildman–Crippen LogP) is 4.12. The van der Waals surface area contributed by atoms with Crippen LogP contribution in [0.15, 0.2) is 48.5 Å². The minimum Gasteiger partial charge on any atom is -0.288 e. The van der Waals surface area contributed by atoms with Gasteiger partial charge < -0.3 is 0 Å². The summed E-state index contributed by atoms with van der Waals surface area (Å²) in [5.74, 6) is -0.630. The van der Waals surface area contributed by atoms with Crippen molar-refractivity contribution >= 4 is 52.7 Å². The fourth-order valence-corrected chi connectivity index (χ4v) is 4.93. The second-order valence-electron chi connectivity index (χ2n) is 4.69. The van der Waals surface area contributed by atoms with Crippen LogP contribution in [0.4, 0.5) is 0 Å². The van der Waals surface area contributed by atoms with Gasteiger partial charge in [0.1, 0.15) is 0 Å². The molecule has 0 saturated heterocycles. The maximum atomic E-state index is 12.3. The maximum absolute atomic E-state index is 12.3. The second-order valence-corrected chi connectivity index (χ2v) is 6.91. The number of amides is 2. The molecule has 0 spiro atoms. The highest BCUT2D eigenvalue weighted by Crippen LogP contribution is 2.33. The van der Waals surface area contributed by atoms with Crippen LogP contribution in [0.5, 0.6) is 0 Å². The van der Waals surface area contributed by atoms with Gasteiger partial charge in [0.25, 0.3) is 11.8 Å². The topological polar surface area (TPSA) is 46.2 Å². The Kier molecular flexibility index (Phi) is 2.77. The van der Waals surface area contributed by atoms with Crippen molar-refractivity contribution < 1.29 is 9.59 Å². The molecule has 3 aromatic rings. The van der Waals surface area contributed by atoms with E-state index in [1.54, 1.807) is 20.7 Å². The fraction of sp³-hybridized carbons (Fsp3) is 0. The zero-order chi connectivity index (χ0) is 14.4. The van der Waals surface area contributed by atoms with Crippen molar-refractivity contribution in [2.45, 2.75) is 0 Å². The van der Waals surface area contributed by atoms with Crippen molar-refractivity contribution in [3.63, 3.8) is 0 Å². The number of carbonyl (C=O) groups is 2. The van der Waals surface area contributed by atoms with Crippen LogP contribution >= 0.6 is 20.7 Å². The first kappa shape index (κ1) is 12.5. The zero-order valence-electron chi connectivity index (χ0n) is 10.8. The van der Waals surface area contributed by atoms with Gasteiger partial charge >= 0.3 is 0 Å². The van der Waals surface area contributed by atoms with E-state index in [-0.39, 0.29) is 11.8 Å². The number of nitrogens with one attached hydrogen (secondary N) is 1. The van der Waals surface area contributed by atoms with E-state index >= 15 is 0 Å². The highest BCUT2D eigenvalue weighted by atomic mass is 32.9. The van der Waals surface area contributed by atoms with Gasteiger partial charge in [-0.15, -0.1) is 0 Å². The monoisotopic (exact) mass is 311 g/mol. The van der Waals surface area contributed by atoms with Gasteiger partial charge in [-0.3, -0.25) is 14.9 Å². The van der Waals surface area contributed by atoms with Crippen LogP contribution in [0.3, 0.4) is 0 Å². The Morgan fingerprint density at radius 3 is 1.57 bits per heavy atom. The van der Waals surface area contributed by atoms with Crippen molar-refractivity contribution in [2.75, 3.05) is 0 Å². The van der Waals surface area contributed by atoms with E-state index in [1.807, 2.05) is 48.5 Å². The van der Waals surface area contributed by atoms with Gasteiger partial charge in [0.15, 0.2) is 0 Å². The molecular formula is C16H9NO2S2. The third kappa shape index (κ3) is 1.86. The zero-order valence-corrected chi connectivity index (χ0v) is 12.4. The van der Waals surface area contributed by atoms with E-state index < -0.39 is 0 Å². The van der Waals surface area contributed by atoms with Crippen LogP contribution in [-0.2, 0) is 0 Å². The largest absolute Gasteiger partial charge is 0.288 e. The van der Waals surface area contributed by atoms with Crippen molar-refractivity contribution in [1.29, 1.82) is 0 Å². The Bertz CT molecular complexity index is 889. The molecule has 1 aliphatic heterocycles. The molecule has 0 saturated carbocycles. The number of hydrogen-bond acceptors (Lipinski definition) is 4. The molecule has 0 aliphatic carbocycles. The molecule has 0 radical (unpaired) electrons. The molecule has 0 bridgehead atoms. The lowest BCUT2D eigenvalue weighted by Gasteiger charge is -2.02. The number of benzene rings is 2. The molecule has 3 nitrogen and oxygen atoms in total. The van der Waals surface area contributed by atoms with Gasteiger partial charge in [0, 0.05) is 20.2 Å². The van der Waals surface area contributed by atoms with Crippen molar-refractivity contribution in [1.82, 2.24) is 5.32 Å². The van der Waals surface area contributed by atoms with E-state index in [0.29, 0.717) is 11.1 Å². The molecule has 0 fully saturated rings. The summed E-state index contributed by atoms with van der Waals surface area (Å²) in [5.41, 5.74) is 0.965. The Balaban J connectivity index is 2.36. The summed E-state index contributed by atoms with van der Waals surface area (Å²) in [4.78, 5) is 24.5. The molecule has 5 heteroatoms. The first-order valence-electron chi connectivity index (χ1n) is 6.39. The van der Waals surface area contributed by atoms with Gasteiger partial charge in [-0.05, 0) is 12.1 Å². The van der Waals surface area contributed by atoms with Crippen molar-refractivity contribution in [3.05, 3.63) is 59.7 Å². The van der Waals surface area contributed by atoms with E-state index in [0.717, 1.165) is 20.2 Å². The molecular weight excluding hydrogens is 302 g/mol. The lowest BCUT2D eigenvalue weighted by Crippen LogP contribution is -2.20. The first-order chi connectivity index (χ1) is 10.3. The molecule has 4 rings (SSSR count). The standard InChI is InChI=1S/C16H9NO2S2/c18-15-13-9-5-1-3-7-11(9)20-21-12-8-4-2-6-10(12)14(13)16(19)17-15/h1-8H,(H,17,18,19). The highest BCUT2D eigenvalue weighted by Gasteiger charge is 2.29. The Labute approximate surface area is 127 Å². The van der Waals surface area contributed by atoms with Gasteiger partial charge in [0.05, 0.1) is 11.1 Å². The molecule has 1 aromatic heterocycles. The SMILES string of the molecule is O=C1NC(=O)c2c1c1ccccc1ssc1ccccc21. The van der Waals surface area contributed by atoms with Crippen LogP contribution in [-0.4, -0.2) is 11.8 Å². The Hall–Kier alpha value is -2.24. The van der Waals surface area contributed by atoms with Gasteiger partial charge in [-0.1, -0.05) is 57.1 Å². The summed E-state index contributed by atoms with van der Waals surface area (Å²) >= 11 is 0. The minimum atomic E-state index is -0.315. The summed E-state index contributed by atoms with van der Waals surface area (Å²) < 4.78 is 1.99. The van der Waals surface area contributed by atoms with Crippen molar-refractivity contribution in [2.24, 2.45) is 0 Å². The van der Waals surface area contributed by atoms with Crippen LogP contribution in [0.25, 0.3) is 20.2 Å². The third-order valence-electron chi connectivity index (χ3n) is 3.47. The number of hydrogen-bond donors (Lipinski definition) is 1. The normalized spacial score (nSPS) is 13.3.